The Morgan fingerprint density at radius 2 is 2.07 bits per heavy atom. The first-order valence-electron chi connectivity index (χ1n) is 4.67. The molecule has 0 aliphatic rings. The Kier molecular flexibility index (Phi) is 3.12. The van der Waals surface area contributed by atoms with Gasteiger partial charge in [0, 0.05) is 5.92 Å². The van der Waals surface area contributed by atoms with Crippen molar-refractivity contribution in [3.8, 4) is 0 Å². The summed E-state index contributed by atoms with van der Waals surface area (Å²) in [6.45, 7) is 5.66. The number of rotatable bonds is 2. The first-order chi connectivity index (χ1) is 6.50. The summed E-state index contributed by atoms with van der Waals surface area (Å²) in [5.74, 6) is -0.0442. The number of hydrogen-bond acceptors (Lipinski definition) is 2. The maximum Gasteiger partial charge on any atom is 0.226 e. The molecule has 3 heteroatoms. The fraction of sp³-hybridized carbons (Fsp3) is 0.364. The summed E-state index contributed by atoms with van der Waals surface area (Å²) >= 11 is 0. The van der Waals surface area contributed by atoms with Crippen molar-refractivity contribution in [3.05, 3.63) is 23.8 Å². The molecule has 1 aromatic carbocycles. The van der Waals surface area contributed by atoms with Crippen molar-refractivity contribution in [1.82, 2.24) is 0 Å². The second kappa shape index (κ2) is 4.13. The number of benzene rings is 1. The topological polar surface area (TPSA) is 55.1 Å². The summed E-state index contributed by atoms with van der Waals surface area (Å²) in [7, 11) is 0. The number of amides is 1. The molecule has 0 fully saturated rings. The molecular formula is C11H16N2O. The number of hydrogen-bond donors (Lipinski definition) is 2. The van der Waals surface area contributed by atoms with Crippen LogP contribution in [0.2, 0.25) is 0 Å². The average Bonchev–Trinajstić information content (AvgIpc) is 2.11. The van der Waals surface area contributed by atoms with E-state index in [-0.39, 0.29) is 11.8 Å². The van der Waals surface area contributed by atoms with Gasteiger partial charge >= 0.3 is 0 Å². The van der Waals surface area contributed by atoms with Crippen molar-refractivity contribution < 1.29 is 4.79 Å². The molecule has 76 valence electrons. The Labute approximate surface area is 84.3 Å². The minimum atomic E-state index is -0.0325. The number of aryl methyl sites for hydroxylation is 1. The molecule has 3 nitrogen and oxygen atoms in total. The summed E-state index contributed by atoms with van der Waals surface area (Å²) in [4.78, 5) is 11.4. The average molecular weight is 192 g/mol. The maximum atomic E-state index is 11.4. The van der Waals surface area contributed by atoms with Crippen LogP contribution in [-0.4, -0.2) is 5.91 Å². The van der Waals surface area contributed by atoms with Gasteiger partial charge < -0.3 is 11.1 Å². The molecule has 0 spiro atoms. The van der Waals surface area contributed by atoms with E-state index in [9.17, 15) is 4.79 Å². The maximum absolute atomic E-state index is 11.4. The monoisotopic (exact) mass is 192 g/mol. The summed E-state index contributed by atoms with van der Waals surface area (Å²) in [5.41, 5.74) is 8.10. The van der Waals surface area contributed by atoms with Gasteiger partial charge in [0.1, 0.15) is 0 Å². The second-order valence-electron chi connectivity index (χ2n) is 3.73. The fourth-order valence-corrected chi connectivity index (χ4v) is 1.06. The lowest BCUT2D eigenvalue weighted by Crippen LogP contribution is -2.18. The van der Waals surface area contributed by atoms with Crippen molar-refractivity contribution in [2.24, 2.45) is 5.92 Å². The Balaban J connectivity index is 2.86. The molecule has 1 rings (SSSR count). The highest BCUT2D eigenvalue weighted by Crippen LogP contribution is 2.20. The minimum absolute atomic E-state index is 0.0118. The van der Waals surface area contributed by atoms with Crippen molar-refractivity contribution in [2.75, 3.05) is 11.1 Å². The first kappa shape index (κ1) is 10.6. The number of carbonyl (C=O) groups is 1. The largest absolute Gasteiger partial charge is 0.397 e. The highest BCUT2D eigenvalue weighted by molar-refractivity contribution is 5.95. The molecular weight excluding hydrogens is 176 g/mol. The molecule has 1 aromatic rings. The van der Waals surface area contributed by atoms with E-state index in [1.807, 2.05) is 32.9 Å². The number of nitrogens with two attached hydrogens (primary N) is 1. The van der Waals surface area contributed by atoms with E-state index in [0.717, 1.165) is 5.56 Å². The van der Waals surface area contributed by atoms with Crippen molar-refractivity contribution in [3.63, 3.8) is 0 Å². The van der Waals surface area contributed by atoms with Crippen LogP contribution in [-0.2, 0) is 4.79 Å². The van der Waals surface area contributed by atoms with E-state index in [0.29, 0.717) is 11.4 Å². The van der Waals surface area contributed by atoms with Crippen LogP contribution in [0.1, 0.15) is 19.4 Å². The summed E-state index contributed by atoms with van der Waals surface area (Å²) in [6, 6.07) is 5.58. The van der Waals surface area contributed by atoms with E-state index < -0.39 is 0 Å². The normalized spacial score (nSPS) is 10.3. The molecule has 3 N–H and O–H groups in total. The summed E-state index contributed by atoms with van der Waals surface area (Å²) < 4.78 is 0. The molecule has 0 unspecified atom stereocenters. The molecule has 0 aromatic heterocycles. The number of anilines is 2. The molecule has 0 saturated carbocycles. The van der Waals surface area contributed by atoms with Gasteiger partial charge in [-0.25, -0.2) is 0 Å². The van der Waals surface area contributed by atoms with Crippen LogP contribution in [0.5, 0.6) is 0 Å². The Morgan fingerprint density at radius 3 is 2.64 bits per heavy atom. The van der Waals surface area contributed by atoms with Crippen molar-refractivity contribution in [2.45, 2.75) is 20.8 Å². The fourth-order valence-electron chi connectivity index (χ4n) is 1.06. The van der Waals surface area contributed by atoms with Gasteiger partial charge in [-0.3, -0.25) is 4.79 Å². The molecule has 0 heterocycles. The van der Waals surface area contributed by atoms with Crippen LogP contribution in [0.3, 0.4) is 0 Å². The molecule has 0 atom stereocenters. The number of nitrogen functional groups attached to an aromatic ring is 1. The second-order valence-corrected chi connectivity index (χ2v) is 3.73. The van der Waals surface area contributed by atoms with Gasteiger partial charge in [-0.15, -0.1) is 0 Å². The molecule has 0 aliphatic carbocycles. The summed E-state index contributed by atoms with van der Waals surface area (Å²) in [6.07, 6.45) is 0. The molecule has 0 aliphatic heterocycles. The van der Waals surface area contributed by atoms with E-state index in [2.05, 4.69) is 5.32 Å². The predicted octanol–water partition coefficient (Wildman–Crippen LogP) is 2.17. The van der Waals surface area contributed by atoms with Crippen molar-refractivity contribution in [1.29, 1.82) is 0 Å². The van der Waals surface area contributed by atoms with E-state index >= 15 is 0 Å². The standard InChI is InChI=1S/C11H16N2O/c1-7(2)11(14)13-10-6-8(3)4-5-9(10)12/h4-7H,12H2,1-3H3,(H,13,14). The smallest absolute Gasteiger partial charge is 0.226 e. The molecule has 0 bridgehead atoms. The van der Waals surface area contributed by atoms with Gasteiger partial charge in [0.25, 0.3) is 0 Å². The molecule has 0 saturated heterocycles. The summed E-state index contributed by atoms with van der Waals surface area (Å²) in [5, 5.41) is 2.79. The third-order valence-corrected chi connectivity index (χ3v) is 1.99. The first-order valence-corrected chi connectivity index (χ1v) is 4.67. The third kappa shape index (κ3) is 2.49. The zero-order valence-electron chi connectivity index (χ0n) is 8.79. The highest BCUT2D eigenvalue weighted by Gasteiger charge is 2.08. The minimum Gasteiger partial charge on any atom is -0.397 e. The predicted molar refractivity (Wildman–Crippen MR) is 59.1 cm³/mol. The zero-order chi connectivity index (χ0) is 10.7. The van der Waals surface area contributed by atoms with Gasteiger partial charge in [-0.2, -0.15) is 0 Å². The number of nitrogens with one attached hydrogen (secondary N) is 1. The van der Waals surface area contributed by atoms with E-state index in [1.165, 1.54) is 0 Å². The molecule has 1 amide bonds. The quantitative estimate of drug-likeness (QED) is 0.705. The zero-order valence-corrected chi connectivity index (χ0v) is 8.79. The lowest BCUT2D eigenvalue weighted by atomic mass is 10.1. The molecule has 0 radical (unpaired) electrons. The lowest BCUT2D eigenvalue weighted by Gasteiger charge is -2.10. The van der Waals surface area contributed by atoms with Gasteiger partial charge in [-0.1, -0.05) is 19.9 Å². The van der Waals surface area contributed by atoms with E-state index in [1.54, 1.807) is 6.07 Å². The SMILES string of the molecule is Cc1ccc(N)c(NC(=O)C(C)C)c1. The van der Waals surface area contributed by atoms with Crippen molar-refractivity contribution >= 4 is 17.3 Å². The molecule has 14 heavy (non-hydrogen) atoms. The van der Waals surface area contributed by atoms with Crippen LogP contribution in [0.25, 0.3) is 0 Å². The van der Waals surface area contributed by atoms with Crippen LogP contribution in [0.4, 0.5) is 11.4 Å². The third-order valence-electron chi connectivity index (χ3n) is 1.99. The van der Waals surface area contributed by atoms with Crippen LogP contribution in [0.15, 0.2) is 18.2 Å². The van der Waals surface area contributed by atoms with Gasteiger partial charge in [-0.05, 0) is 24.6 Å². The van der Waals surface area contributed by atoms with Crippen LogP contribution < -0.4 is 11.1 Å². The Morgan fingerprint density at radius 1 is 1.43 bits per heavy atom. The van der Waals surface area contributed by atoms with Gasteiger partial charge in [0.2, 0.25) is 5.91 Å². The lowest BCUT2D eigenvalue weighted by molar-refractivity contribution is -0.118. The van der Waals surface area contributed by atoms with Crippen LogP contribution in [0, 0.1) is 12.8 Å². The van der Waals surface area contributed by atoms with Crippen LogP contribution >= 0.6 is 0 Å². The number of carbonyl (C=O) groups excluding carboxylic acids is 1. The highest BCUT2D eigenvalue weighted by atomic mass is 16.1. The Bertz CT molecular complexity index is 345. The van der Waals surface area contributed by atoms with E-state index in [4.69, 9.17) is 5.73 Å². The van der Waals surface area contributed by atoms with Gasteiger partial charge in [0.05, 0.1) is 11.4 Å². The van der Waals surface area contributed by atoms with Gasteiger partial charge in [0.15, 0.2) is 0 Å². The Hall–Kier alpha value is -1.51.